The molecule has 0 bridgehead atoms. The van der Waals surface area contributed by atoms with Crippen LogP contribution in [-0.2, 0) is 6.42 Å². The number of benzene rings is 1. The minimum Gasteiger partial charge on any atom is -0.313 e. The second-order valence-electron chi connectivity index (χ2n) is 6.04. The van der Waals surface area contributed by atoms with Crippen LogP contribution < -0.4 is 5.32 Å². The largest absolute Gasteiger partial charge is 0.313 e. The van der Waals surface area contributed by atoms with Crippen LogP contribution in [0.3, 0.4) is 0 Å². The molecule has 0 aromatic heterocycles. The molecule has 0 spiro atoms. The molecule has 0 aliphatic heterocycles. The Morgan fingerprint density at radius 2 is 2.11 bits per heavy atom. The Labute approximate surface area is 118 Å². The number of aryl methyl sites for hydroxylation is 1. The first-order chi connectivity index (χ1) is 9.20. The summed E-state index contributed by atoms with van der Waals surface area (Å²) in [7, 11) is 4.33. The third-order valence-electron chi connectivity index (χ3n) is 4.14. The zero-order valence-corrected chi connectivity index (χ0v) is 12.7. The van der Waals surface area contributed by atoms with Crippen molar-refractivity contribution >= 4 is 0 Å². The quantitative estimate of drug-likeness (QED) is 0.846. The molecule has 106 valence electrons. The molecule has 2 rings (SSSR count). The summed E-state index contributed by atoms with van der Waals surface area (Å²) < 4.78 is 0. The zero-order valence-electron chi connectivity index (χ0n) is 12.7. The van der Waals surface area contributed by atoms with E-state index in [9.17, 15) is 0 Å². The van der Waals surface area contributed by atoms with Crippen molar-refractivity contribution in [3.8, 4) is 0 Å². The molecule has 2 unspecified atom stereocenters. The highest BCUT2D eigenvalue weighted by atomic mass is 15.1. The van der Waals surface area contributed by atoms with E-state index in [0.29, 0.717) is 6.04 Å². The molecule has 2 heteroatoms. The molecule has 0 heterocycles. The highest BCUT2D eigenvalue weighted by Crippen LogP contribution is 2.34. The Bertz CT molecular complexity index is 387. The number of nitrogens with one attached hydrogen (secondary N) is 1. The Hall–Kier alpha value is -0.860. The lowest BCUT2D eigenvalue weighted by Crippen LogP contribution is -2.39. The normalized spacial score (nSPS) is 20.3. The van der Waals surface area contributed by atoms with Crippen LogP contribution in [0.25, 0.3) is 0 Å². The monoisotopic (exact) mass is 260 g/mol. The van der Waals surface area contributed by atoms with Gasteiger partial charge in [-0.2, -0.15) is 0 Å². The van der Waals surface area contributed by atoms with Crippen LogP contribution in [0.1, 0.15) is 43.2 Å². The summed E-state index contributed by atoms with van der Waals surface area (Å²) in [5.74, 6) is 0.744. The highest BCUT2D eigenvalue weighted by Gasteiger charge is 2.23. The van der Waals surface area contributed by atoms with Crippen LogP contribution in [0, 0.1) is 0 Å². The van der Waals surface area contributed by atoms with Gasteiger partial charge in [0.05, 0.1) is 0 Å². The van der Waals surface area contributed by atoms with E-state index in [1.54, 1.807) is 11.1 Å². The number of nitrogens with zero attached hydrogens (tertiary/aromatic N) is 1. The van der Waals surface area contributed by atoms with Gasteiger partial charge >= 0.3 is 0 Å². The molecule has 0 saturated heterocycles. The van der Waals surface area contributed by atoms with E-state index in [1.807, 2.05) is 0 Å². The van der Waals surface area contributed by atoms with Crippen LogP contribution in [0.4, 0.5) is 0 Å². The predicted octanol–water partition coefficient (Wildman–Crippen LogP) is 3.04. The van der Waals surface area contributed by atoms with E-state index < -0.39 is 0 Å². The fraction of sp³-hybridized carbons (Fsp3) is 0.647. The van der Waals surface area contributed by atoms with Gasteiger partial charge in [0.15, 0.2) is 0 Å². The van der Waals surface area contributed by atoms with Gasteiger partial charge in [0.2, 0.25) is 0 Å². The molecular weight excluding hydrogens is 232 g/mol. The Kier molecular flexibility index (Phi) is 5.41. The number of fused-ring (bicyclic) bond motifs is 1. The van der Waals surface area contributed by atoms with Crippen LogP contribution in [0.15, 0.2) is 24.3 Å². The second kappa shape index (κ2) is 7.06. The Balaban J connectivity index is 2.05. The van der Waals surface area contributed by atoms with Crippen molar-refractivity contribution in [1.82, 2.24) is 10.2 Å². The van der Waals surface area contributed by atoms with Gasteiger partial charge in [-0.3, -0.25) is 0 Å². The molecule has 0 saturated carbocycles. The van der Waals surface area contributed by atoms with Crippen LogP contribution in [0.2, 0.25) is 0 Å². The molecule has 1 aliphatic rings. The van der Waals surface area contributed by atoms with E-state index >= 15 is 0 Å². The summed E-state index contributed by atoms with van der Waals surface area (Å²) in [5.41, 5.74) is 3.19. The maximum absolute atomic E-state index is 3.65. The van der Waals surface area contributed by atoms with Crippen molar-refractivity contribution in [3.63, 3.8) is 0 Å². The summed E-state index contributed by atoms with van der Waals surface area (Å²) in [6, 6.07) is 9.65. The maximum Gasteiger partial charge on any atom is 0.0200 e. The fourth-order valence-electron chi connectivity index (χ4n) is 3.39. The minimum atomic E-state index is 0.608. The van der Waals surface area contributed by atoms with Crippen molar-refractivity contribution < 1.29 is 0 Å². The molecule has 0 fully saturated rings. The minimum absolute atomic E-state index is 0.608. The van der Waals surface area contributed by atoms with Crippen LogP contribution in [0.5, 0.6) is 0 Å². The predicted molar refractivity (Wildman–Crippen MR) is 82.8 cm³/mol. The Morgan fingerprint density at radius 1 is 1.32 bits per heavy atom. The van der Waals surface area contributed by atoms with Crippen molar-refractivity contribution in [2.45, 2.75) is 44.6 Å². The van der Waals surface area contributed by atoms with Crippen molar-refractivity contribution in [2.75, 3.05) is 27.2 Å². The van der Waals surface area contributed by atoms with Crippen molar-refractivity contribution in [1.29, 1.82) is 0 Å². The van der Waals surface area contributed by atoms with Crippen molar-refractivity contribution in [2.24, 2.45) is 0 Å². The molecule has 19 heavy (non-hydrogen) atoms. The van der Waals surface area contributed by atoms with E-state index in [4.69, 9.17) is 0 Å². The summed E-state index contributed by atoms with van der Waals surface area (Å²) in [4.78, 5) is 2.29. The molecule has 2 atom stereocenters. The van der Waals surface area contributed by atoms with Gasteiger partial charge in [0.25, 0.3) is 0 Å². The lowest BCUT2D eigenvalue weighted by atomic mass is 9.79. The first-order valence-corrected chi connectivity index (χ1v) is 7.66. The van der Waals surface area contributed by atoms with Gasteiger partial charge in [0, 0.05) is 12.6 Å². The smallest absolute Gasteiger partial charge is 0.0200 e. The Morgan fingerprint density at radius 3 is 2.84 bits per heavy atom. The number of rotatable bonds is 6. The first-order valence-electron chi connectivity index (χ1n) is 7.66. The molecular formula is C17H28N2. The van der Waals surface area contributed by atoms with Crippen LogP contribution >= 0.6 is 0 Å². The molecule has 1 aromatic rings. The number of hydrogen-bond donors (Lipinski definition) is 1. The standard InChI is InChI=1S/C17H28N2/c1-4-18-16(13-19(2)3)12-15-10-7-9-14-8-5-6-11-17(14)15/h5-6,8,11,15-16,18H,4,7,9-10,12-13H2,1-3H3. The van der Waals surface area contributed by atoms with Crippen LogP contribution in [-0.4, -0.2) is 38.1 Å². The van der Waals surface area contributed by atoms with Gasteiger partial charge in [-0.25, -0.2) is 0 Å². The molecule has 1 aromatic carbocycles. The van der Waals surface area contributed by atoms with Gasteiger partial charge < -0.3 is 10.2 Å². The zero-order chi connectivity index (χ0) is 13.7. The molecule has 1 N–H and O–H groups in total. The lowest BCUT2D eigenvalue weighted by molar-refractivity contribution is 0.310. The van der Waals surface area contributed by atoms with E-state index in [1.165, 1.54) is 25.7 Å². The molecule has 1 aliphatic carbocycles. The van der Waals surface area contributed by atoms with Gasteiger partial charge in [-0.1, -0.05) is 31.2 Å². The SMILES string of the molecule is CCNC(CC1CCCc2ccccc21)CN(C)C. The average molecular weight is 260 g/mol. The van der Waals surface area contributed by atoms with E-state index in [0.717, 1.165) is 19.0 Å². The first kappa shape index (κ1) is 14.5. The summed E-state index contributed by atoms with van der Waals surface area (Å²) in [6.45, 7) is 4.40. The lowest BCUT2D eigenvalue weighted by Gasteiger charge is -2.30. The molecule has 2 nitrogen and oxygen atoms in total. The summed E-state index contributed by atoms with van der Waals surface area (Å²) >= 11 is 0. The topological polar surface area (TPSA) is 15.3 Å². The summed E-state index contributed by atoms with van der Waals surface area (Å²) in [6.07, 6.45) is 5.24. The molecule has 0 radical (unpaired) electrons. The second-order valence-corrected chi connectivity index (χ2v) is 6.04. The summed E-state index contributed by atoms with van der Waals surface area (Å²) in [5, 5.41) is 3.65. The molecule has 0 amide bonds. The van der Waals surface area contributed by atoms with E-state index in [2.05, 4.69) is 55.5 Å². The van der Waals surface area contributed by atoms with E-state index in [-0.39, 0.29) is 0 Å². The third-order valence-corrected chi connectivity index (χ3v) is 4.14. The highest BCUT2D eigenvalue weighted by molar-refractivity contribution is 5.32. The average Bonchev–Trinajstić information content (AvgIpc) is 2.39. The third kappa shape index (κ3) is 4.05. The van der Waals surface area contributed by atoms with Crippen molar-refractivity contribution in [3.05, 3.63) is 35.4 Å². The van der Waals surface area contributed by atoms with Gasteiger partial charge in [-0.05, 0) is 63.4 Å². The maximum atomic E-state index is 3.65. The number of likely N-dealkylation sites (N-methyl/N-ethyl adjacent to an activating group) is 2. The van der Waals surface area contributed by atoms with Gasteiger partial charge in [0.1, 0.15) is 0 Å². The fourth-order valence-corrected chi connectivity index (χ4v) is 3.39. The number of hydrogen-bond acceptors (Lipinski definition) is 2. The van der Waals surface area contributed by atoms with Gasteiger partial charge in [-0.15, -0.1) is 0 Å².